The lowest BCUT2D eigenvalue weighted by molar-refractivity contribution is -0.385. The zero-order chi connectivity index (χ0) is 14.5. The Morgan fingerprint density at radius 1 is 1.50 bits per heavy atom. The molecule has 6 heteroatoms. The Morgan fingerprint density at radius 3 is 2.95 bits per heavy atom. The molecule has 1 aromatic carbocycles. The van der Waals surface area contributed by atoms with Crippen LogP contribution in [0.3, 0.4) is 0 Å². The Morgan fingerprint density at radius 2 is 2.30 bits per heavy atom. The van der Waals surface area contributed by atoms with Crippen LogP contribution in [0.1, 0.15) is 31.2 Å². The molecule has 0 aliphatic carbocycles. The van der Waals surface area contributed by atoms with Crippen LogP contribution < -0.4 is 10.6 Å². The minimum atomic E-state index is -0.518. The van der Waals surface area contributed by atoms with Crippen molar-refractivity contribution in [3.8, 4) is 6.07 Å². The Balaban J connectivity index is 2.31. The van der Waals surface area contributed by atoms with E-state index in [0.29, 0.717) is 12.6 Å². The fraction of sp³-hybridized carbons (Fsp3) is 0.500. The molecule has 6 nitrogen and oxygen atoms in total. The van der Waals surface area contributed by atoms with Gasteiger partial charge in [-0.3, -0.25) is 10.1 Å². The maximum absolute atomic E-state index is 10.9. The number of anilines is 1. The molecule has 1 aromatic rings. The van der Waals surface area contributed by atoms with Crippen LogP contribution in [0.2, 0.25) is 0 Å². The summed E-state index contributed by atoms with van der Waals surface area (Å²) in [6, 6.07) is 7.04. The van der Waals surface area contributed by atoms with Gasteiger partial charge in [-0.1, -0.05) is 0 Å². The lowest BCUT2D eigenvalue weighted by Gasteiger charge is -2.37. The molecule has 1 heterocycles. The smallest absolute Gasteiger partial charge is 0.287 e. The van der Waals surface area contributed by atoms with Gasteiger partial charge < -0.3 is 10.6 Å². The predicted molar refractivity (Wildman–Crippen MR) is 76.5 cm³/mol. The summed E-state index contributed by atoms with van der Waals surface area (Å²) in [6.07, 6.45) is 4.26. The Kier molecular flexibility index (Phi) is 4.53. The second-order valence-electron chi connectivity index (χ2n) is 4.99. The second kappa shape index (κ2) is 6.35. The zero-order valence-electron chi connectivity index (χ0n) is 11.3. The third-order valence-corrected chi connectivity index (χ3v) is 3.76. The van der Waals surface area contributed by atoms with Gasteiger partial charge in [0.15, 0.2) is 0 Å². The lowest BCUT2D eigenvalue weighted by Crippen LogP contribution is -2.40. The number of benzene rings is 1. The van der Waals surface area contributed by atoms with Crippen LogP contribution in [-0.2, 0) is 0 Å². The van der Waals surface area contributed by atoms with E-state index in [-0.39, 0.29) is 11.3 Å². The van der Waals surface area contributed by atoms with Gasteiger partial charge in [-0.15, -0.1) is 0 Å². The fourth-order valence-corrected chi connectivity index (χ4v) is 2.78. The molecular formula is C14H18N4O2. The third kappa shape index (κ3) is 2.89. The molecule has 1 saturated heterocycles. The van der Waals surface area contributed by atoms with E-state index in [4.69, 9.17) is 11.0 Å². The summed E-state index contributed by atoms with van der Waals surface area (Å²) in [4.78, 5) is 12.6. The lowest BCUT2D eigenvalue weighted by atomic mass is 9.98. The standard InChI is InChI=1S/C14H18N4O2/c15-7-6-12-3-1-2-8-17(12)13-4-5-14(18(19)20)11(9-13)10-16/h4-5,9,12H,1-3,6-8,15H2. The van der Waals surface area contributed by atoms with Crippen molar-refractivity contribution in [2.24, 2.45) is 5.73 Å². The normalized spacial score (nSPS) is 18.6. The van der Waals surface area contributed by atoms with Crippen molar-refractivity contribution < 1.29 is 4.92 Å². The van der Waals surface area contributed by atoms with E-state index in [9.17, 15) is 10.1 Å². The van der Waals surface area contributed by atoms with Crippen LogP contribution in [0.15, 0.2) is 18.2 Å². The number of nitro groups is 1. The van der Waals surface area contributed by atoms with Crippen molar-refractivity contribution in [1.82, 2.24) is 0 Å². The second-order valence-corrected chi connectivity index (χ2v) is 4.99. The van der Waals surface area contributed by atoms with Crippen LogP contribution >= 0.6 is 0 Å². The summed E-state index contributed by atoms with van der Waals surface area (Å²) in [5.74, 6) is 0. The van der Waals surface area contributed by atoms with Gasteiger partial charge in [0.1, 0.15) is 11.6 Å². The van der Waals surface area contributed by atoms with Gasteiger partial charge in [0.25, 0.3) is 5.69 Å². The number of nitrogens with zero attached hydrogens (tertiary/aromatic N) is 3. The maximum atomic E-state index is 10.9. The Hall–Kier alpha value is -2.13. The van der Waals surface area contributed by atoms with Gasteiger partial charge in [0, 0.05) is 24.3 Å². The molecule has 1 aliphatic rings. The molecule has 0 saturated carbocycles. The molecule has 0 radical (unpaired) electrons. The molecule has 0 spiro atoms. The zero-order valence-corrected chi connectivity index (χ0v) is 11.3. The Bertz CT molecular complexity index is 536. The van der Waals surface area contributed by atoms with Crippen LogP contribution in [-0.4, -0.2) is 24.1 Å². The van der Waals surface area contributed by atoms with Crippen LogP contribution in [0.25, 0.3) is 0 Å². The van der Waals surface area contributed by atoms with Crippen molar-refractivity contribution in [1.29, 1.82) is 5.26 Å². The van der Waals surface area contributed by atoms with Crippen LogP contribution in [0.5, 0.6) is 0 Å². The Labute approximate surface area is 117 Å². The first-order chi connectivity index (χ1) is 9.67. The molecule has 20 heavy (non-hydrogen) atoms. The SMILES string of the molecule is N#Cc1cc(N2CCCCC2CCN)ccc1[N+](=O)[O-]. The van der Waals surface area contributed by atoms with E-state index in [0.717, 1.165) is 31.5 Å². The van der Waals surface area contributed by atoms with Gasteiger partial charge in [-0.2, -0.15) is 5.26 Å². The minimum Gasteiger partial charge on any atom is -0.368 e. The van der Waals surface area contributed by atoms with E-state index < -0.39 is 4.92 Å². The molecule has 0 aromatic heterocycles. The molecular weight excluding hydrogens is 256 g/mol. The molecule has 0 bridgehead atoms. The average molecular weight is 274 g/mol. The van der Waals surface area contributed by atoms with E-state index in [1.807, 2.05) is 6.07 Å². The molecule has 2 rings (SSSR count). The highest BCUT2D eigenvalue weighted by Gasteiger charge is 2.24. The van der Waals surface area contributed by atoms with Crippen molar-refractivity contribution in [2.45, 2.75) is 31.7 Å². The fourth-order valence-electron chi connectivity index (χ4n) is 2.78. The highest BCUT2D eigenvalue weighted by Crippen LogP contribution is 2.30. The van der Waals surface area contributed by atoms with Gasteiger partial charge in [-0.05, 0) is 44.4 Å². The van der Waals surface area contributed by atoms with Crippen molar-refractivity contribution >= 4 is 11.4 Å². The van der Waals surface area contributed by atoms with Crippen molar-refractivity contribution in [3.05, 3.63) is 33.9 Å². The summed E-state index contributed by atoms with van der Waals surface area (Å²) in [5, 5.41) is 19.9. The molecule has 1 aliphatic heterocycles. The average Bonchev–Trinajstić information content (AvgIpc) is 2.47. The highest BCUT2D eigenvalue weighted by atomic mass is 16.6. The quantitative estimate of drug-likeness (QED) is 0.670. The van der Waals surface area contributed by atoms with E-state index in [2.05, 4.69) is 4.90 Å². The van der Waals surface area contributed by atoms with Gasteiger partial charge in [0.2, 0.25) is 0 Å². The first-order valence-electron chi connectivity index (χ1n) is 6.82. The van der Waals surface area contributed by atoms with Crippen molar-refractivity contribution in [2.75, 3.05) is 18.0 Å². The first-order valence-corrected chi connectivity index (χ1v) is 6.82. The van der Waals surface area contributed by atoms with Crippen molar-refractivity contribution in [3.63, 3.8) is 0 Å². The predicted octanol–water partition coefficient (Wildman–Crippen LogP) is 2.17. The van der Waals surface area contributed by atoms with E-state index >= 15 is 0 Å². The summed E-state index contributed by atoms with van der Waals surface area (Å²) >= 11 is 0. The molecule has 1 atom stereocenters. The summed E-state index contributed by atoms with van der Waals surface area (Å²) in [5.41, 5.74) is 6.51. The number of nitrogens with two attached hydrogens (primary N) is 1. The number of nitriles is 1. The number of hydrogen-bond acceptors (Lipinski definition) is 5. The summed E-state index contributed by atoms with van der Waals surface area (Å²) in [6.45, 7) is 1.53. The molecule has 0 amide bonds. The number of nitro benzene ring substituents is 1. The van der Waals surface area contributed by atoms with Crippen LogP contribution in [0, 0.1) is 21.4 Å². The van der Waals surface area contributed by atoms with Gasteiger partial charge >= 0.3 is 0 Å². The first kappa shape index (κ1) is 14.3. The molecule has 106 valence electrons. The maximum Gasteiger partial charge on any atom is 0.287 e. The largest absolute Gasteiger partial charge is 0.368 e. The molecule has 1 unspecified atom stereocenters. The number of piperidine rings is 1. The summed E-state index contributed by atoms with van der Waals surface area (Å²) < 4.78 is 0. The highest BCUT2D eigenvalue weighted by molar-refractivity contribution is 5.60. The minimum absolute atomic E-state index is 0.115. The topological polar surface area (TPSA) is 96.2 Å². The van der Waals surface area contributed by atoms with Crippen LogP contribution in [0.4, 0.5) is 11.4 Å². The van der Waals surface area contributed by atoms with E-state index in [1.165, 1.54) is 12.5 Å². The monoisotopic (exact) mass is 274 g/mol. The molecule has 1 fully saturated rings. The third-order valence-electron chi connectivity index (χ3n) is 3.76. The van der Waals surface area contributed by atoms with E-state index in [1.54, 1.807) is 12.1 Å². The number of rotatable bonds is 4. The summed E-state index contributed by atoms with van der Waals surface area (Å²) in [7, 11) is 0. The van der Waals surface area contributed by atoms with Gasteiger partial charge in [-0.25, -0.2) is 0 Å². The number of hydrogen-bond donors (Lipinski definition) is 1. The molecule has 2 N–H and O–H groups in total. The van der Waals surface area contributed by atoms with Gasteiger partial charge in [0.05, 0.1) is 4.92 Å².